The predicted octanol–water partition coefficient (Wildman–Crippen LogP) is 6.73. The highest BCUT2D eigenvalue weighted by atomic mass is 79.9. The van der Waals surface area contributed by atoms with E-state index in [1.54, 1.807) is 6.20 Å². The van der Waals surface area contributed by atoms with Crippen molar-refractivity contribution in [1.82, 2.24) is 9.55 Å². The van der Waals surface area contributed by atoms with E-state index in [0.29, 0.717) is 0 Å². The van der Waals surface area contributed by atoms with E-state index in [1.807, 2.05) is 42.5 Å². The van der Waals surface area contributed by atoms with Gasteiger partial charge in [0.1, 0.15) is 5.82 Å². The summed E-state index contributed by atoms with van der Waals surface area (Å²) >= 11 is 9.08. The molecule has 26 heavy (non-hydrogen) atoms. The average Bonchev–Trinajstić information content (AvgIpc) is 3.10. The largest absolute Gasteiger partial charge is 0.336 e. The third-order valence-corrected chi connectivity index (χ3v) is 7.01. The smallest absolute Gasteiger partial charge is 0.123 e. The minimum Gasteiger partial charge on any atom is -0.336 e. The predicted molar refractivity (Wildman–Crippen MR) is 113 cm³/mol. The molecule has 1 unspecified atom stereocenters. The fourth-order valence-corrected chi connectivity index (χ4v) is 5.11. The van der Waals surface area contributed by atoms with Crippen LogP contribution in [0.2, 0.25) is 0 Å². The Bertz CT molecular complexity index is 853. The first kappa shape index (κ1) is 19.6. The van der Waals surface area contributed by atoms with E-state index in [4.69, 9.17) is 0 Å². The summed E-state index contributed by atoms with van der Waals surface area (Å²) in [6, 6.07) is 13.0. The average molecular weight is 498 g/mol. The summed E-state index contributed by atoms with van der Waals surface area (Å²) in [5, 5.41) is 0. The maximum Gasteiger partial charge on any atom is 0.123 e. The van der Waals surface area contributed by atoms with Crippen LogP contribution in [0.3, 0.4) is 0 Å². The van der Waals surface area contributed by atoms with Gasteiger partial charge in [0.05, 0.1) is 6.33 Å². The number of hydrogen-bond donors (Lipinski definition) is 0. The summed E-state index contributed by atoms with van der Waals surface area (Å²) in [7, 11) is 0. The van der Waals surface area contributed by atoms with Gasteiger partial charge in [0, 0.05) is 37.5 Å². The zero-order valence-corrected chi connectivity index (χ0v) is 18.3. The van der Waals surface area contributed by atoms with Gasteiger partial charge in [-0.15, -0.1) is 11.8 Å². The molecule has 3 aromatic rings. The van der Waals surface area contributed by atoms with Crippen LogP contribution in [-0.2, 0) is 13.0 Å². The summed E-state index contributed by atoms with van der Waals surface area (Å²) < 4.78 is 17.4. The van der Waals surface area contributed by atoms with Crippen molar-refractivity contribution < 1.29 is 4.39 Å². The Kier molecular flexibility index (Phi) is 6.59. The highest BCUT2D eigenvalue weighted by molar-refractivity contribution is 9.11. The van der Waals surface area contributed by atoms with Gasteiger partial charge in [-0.25, -0.2) is 9.37 Å². The number of thioether (sulfide) groups is 1. The molecule has 0 bridgehead atoms. The van der Waals surface area contributed by atoms with Crippen LogP contribution in [0.5, 0.6) is 0 Å². The van der Waals surface area contributed by atoms with E-state index in [-0.39, 0.29) is 10.6 Å². The molecule has 1 aromatic heterocycles. The second-order valence-electron chi connectivity index (χ2n) is 6.49. The lowest BCUT2D eigenvalue weighted by molar-refractivity contribution is 0.495. The number of imidazole rings is 1. The van der Waals surface area contributed by atoms with Gasteiger partial charge < -0.3 is 4.57 Å². The number of hydrogen-bond acceptors (Lipinski definition) is 2. The normalized spacial score (nSPS) is 13.5. The molecule has 2 nitrogen and oxygen atoms in total. The highest BCUT2D eigenvalue weighted by Gasteiger charge is 2.27. The number of aryl methyl sites for hydroxylation is 1. The Hall–Kier alpha value is -1.11. The molecular formula is C20H19Br2FN2S. The van der Waals surface area contributed by atoms with Crippen molar-refractivity contribution in [1.29, 1.82) is 0 Å². The van der Waals surface area contributed by atoms with Crippen LogP contribution < -0.4 is 0 Å². The molecule has 0 N–H and O–H groups in total. The quantitative estimate of drug-likeness (QED) is 0.336. The number of aromatic nitrogens is 2. The first-order valence-electron chi connectivity index (χ1n) is 8.28. The van der Waals surface area contributed by atoms with Crippen molar-refractivity contribution in [3.8, 4) is 0 Å². The minimum absolute atomic E-state index is 0.0433. The Labute approximate surface area is 174 Å². The van der Waals surface area contributed by atoms with Crippen molar-refractivity contribution in [2.45, 2.75) is 36.0 Å². The summed E-state index contributed by atoms with van der Waals surface area (Å²) in [6.45, 7) is 3.12. The Balaban J connectivity index is 1.81. The fraction of sp³-hybridized carbons (Fsp3) is 0.250. The molecule has 1 atom stereocenters. The molecule has 6 heteroatoms. The van der Waals surface area contributed by atoms with E-state index in [0.717, 1.165) is 33.9 Å². The topological polar surface area (TPSA) is 17.8 Å². The SMILES string of the molecule is CC(CCc1ccc(F)cc1)(Cn1ccnc1)Sc1cc(Br)ccc1Br. The van der Waals surface area contributed by atoms with Gasteiger partial charge in [-0.1, -0.05) is 28.1 Å². The molecule has 2 aromatic carbocycles. The molecule has 0 radical (unpaired) electrons. The van der Waals surface area contributed by atoms with Crippen LogP contribution in [0.4, 0.5) is 4.39 Å². The van der Waals surface area contributed by atoms with Crippen molar-refractivity contribution in [2.75, 3.05) is 0 Å². The standard InChI is InChI=1S/C20H19Br2FN2S/c1-20(13-25-11-10-24-14-25,9-8-15-2-5-17(23)6-3-15)26-19-12-16(21)4-7-18(19)22/h2-7,10-12,14H,8-9,13H2,1H3. The van der Waals surface area contributed by atoms with Gasteiger partial charge in [0.15, 0.2) is 0 Å². The molecule has 136 valence electrons. The van der Waals surface area contributed by atoms with Crippen molar-refractivity contribution in [3.05, 3.63) is 81.5 Å². The first-order valence-corrected chi connectivity index (χ1v) is 10.7. The van der Waals surface area contributed by atoms with Crippen LogP contribution in [0.25, 0.3) is 0 Å². The molecule has 0 saturated carbocycles. The fourth-order valence-electron chi connectivity index (χ4n) is 2.81. The van der Waals surface area contributed by atoms with Crippen molar-refractivity contribution in [3.63, 3.8) is 0 Å². The first-order chi connectivity index (χ1) is 12.4. The van der Waals surface area contributed by atoms with E-state index >= 15 is 0 Å². The second kappa shape index (κ2) is 8.72. The third kappa shape index (κ3) is 5.44. The maximum absolute atomic E-state index is 13.2. The second-order valence-corrected chi connectivity index (χ2v) is 9.89. The number of rotatable bonds is 7. The molecule has 0 fully saturated rings. The van der Waals surface area contributed by atoms with E-state index in [9.17, 15) is 4.39 Å². The Morgan fingerprint density at radius 3 is 2.62 bits per heavy atom. The summed E-state index contributed by atoms with van der Waals surface area (Å²) in [5.74, 6) is -0.192. The lowest BCUT2D eigenvalue weighted by Gasteiger charge is -2.30. The molecule has 3 rings (SSSR count). The zero-order valence-electron chi connectivity index (χ0n) is 14.3. The molecule has 0 aliphatic carbocycles. The number of halogens is 3. The molecule has 0 saturated heterocycles. The van der Waals surface area contributed by atoms with E-state index in [1.165, 1.54) is 17.0 Å². The molecular weight excluding hydrogens is 479 g/mol. The maximum atomic E-state index is 13.2. The van der Waals surface area contributed by atoms with E-state index < -0.39 is 0 Å². The zero-order chi connectivity index (χ0) is 18.6. The van der Waals surface area contributed by atoms with Crippen LogP contribution in [-0.4, -0.2) is 14.3 Å². The number of benzene rings is 2. The molecule has 0 aliphatic rings. The van der Waals surface area contributed by atoms with Gasteiger partial charge in [-0.3, -0.25) is 0 Å². The summed E-state index contributed by atoms with van der Waals surface area (Å²) in [5.41, 5.74) is 1.15. The number of nitrogens with zero attached hydrogens (tertiary/aromatic N) is 2. The minimum atomic E-state index is -0.192. The molecule has 0 aliphatic heterocycles. The highest BCUT2D eigenvalue weighted by Crippen LogP contribution is 2.42. The van der Waals surface area contributed by atoms with Gasteiger partial charge in [-0.2, -0.15) is 0 Å². The van der Waals surface area contributed by atoms with Gasteiger partial charge in [-0.05, 0) is 71.6 Å². The monoisotopic (exact) mass is 496 g/mol. The van der Waals surface area contributed by atoms with Gasteiger partial charge in [0.25, 0.3) is 0 Å². The summed E-state index contributed by atoms with van der Waals surface area (Å²) in [4.78, 5) is 5.36. The van der Waals surface area contributed by atoms with Crippen molar-refractivity contribution >= 4 is 43.6 Å². The lowest BCUT2D eigenvalue weighted by Crippen LogP contribution is -2.27. The van der Waals surface area contributed by atoms with Crippen molar-refractivity contribution in [2.24, 2.45) is 0 Å². The van der Waals surface area contributed by atoms with Gasteiger partial charge in [0.2, 0.25) is 0 Å². The molecule has 0 spiro atoms. The Morgan fingerprint density at radius 2 is 1.92 bits per heavy atom. The third-order valence-electron chi connectivity index (χ3n) is 4.18. The van der Waals surface area contributed by atoms with Gasteiger partial charge >= 0.3 is 0 Å². The van der Waals surface area contributed by atoms with Crippen LogP contribution >= 0.6 is 43.6 Å². The molecule has 0 amide bonds. The molecule has 1 heterocycles. The Morgan fingerprint density at radius 1 is 1.15 bits per heavy atom. The van der Waals surface area contributed by atoms with Crippen LogP contribution in [0.1, 0.15) is 18.9 Å². The summed E-state index contributed by atoms with van der Waals surface area (Å²) in [6.07, 6.45) is 7.50. The van der Waals surface area contributed by atoms with E-state index in [2.05, 4.69) is 60.5 Å². The lowest BCUT2D eigenvalue weighted by atomic mass is 10.00. The van der Waals surface area contributed by atoms with Crippen LogP contribution in [0, 0.1) is 5.82 Å². The van der Waals surface area contributed by atoms with Crippen LogP contribution in [0.15, 0.2) is 75.0 Å².